The van der Waals surface area contributed by atoms with Crippen LogP contribution in [0.5, 0.6) is 11.5 Å². The molecule has 0 bridgehead atoms. The van der Waals surface area contributed by atoms with Crippen LogP contribution in [0.4, 0.5) is 5.69 Å². The van der Waals surface area contributed by atoms with Crippen molar-refractivity contribution in [2.45, 2.75) is 6.04 Å². The zero-order valence-corrected chi connectivity index (χ0v) is 10.8. The molecule has 1 amide bonds. The SMILES string of the molecule is CN1CCN(c2ccc3c(c2)OCO3)C(CN)C1=O. The Morgan fingerprint density at radius 1 is 1.32 bits per heavy atom. The van der Waals surface area contributed by atoms with E-state index < -0.39 is 0 Å². The van der Waals surface area contributed by atoms with E-state index in [1.807, 2.05) is 30.1 Å². The van der Waals surface area contributed by atoms with Crippen molar-refractivity contribution in [1.29, 1.82) is 0 Å². The van der Waals surface area contributed by atoms with Crippen LogP contribution in [0.1, 0.15) is 0 Å². The summed E-state index contributed by atoms with van der Waals surface area (Å²) in [6.45, 7) is 2.02. The lowest BCUT2D eigenvalue weighted by Crippen LogP contribution is -2.58. The predicted molar refractivity (Wildman–Crippen MR) is 70.4 cm³/mol. The van der Waals surface area contributed by atoms with Gasteiger partial charge in [-0.05, 0) is 12.1 Å². The lowest BCUT2D eigenvalue weighted by molar-refractivity contribution is -0.132. The van der Waals surface area contributed by atoms with E-state index in [0.717, 1.165) is 23.7 Å². The molecule has 1 unspecified atom stereocenters. The van der Waals surface area contributed by atoms with Gasteiger partial charge in [-0.3, -0.25) is 4.79 Å². The third-order valence-electron chi connectivity index (χ3n) is 3.62. The maximum absolute atomic E-state index is 12.1. The molecular weight excluding hydrogens is 246 g/mol. The number of hydrogen-bond acceptors (Lipinski definition) is 5. The Morgan fingerprint density at radius 3 is 2.89 bits per heavy atom. The first-order valence-electron chi connectivity index (χ1n) is 6.32. The molecule has 1 aromatic carbocycles. The van der Waals surface area contributed by atoms with Crippen LogP contribution in [-0.4, -0.2) is 50.3 Å². The third-order valence-corrected chi connectivity index (χ3v) is 3.62. The minimum Gasteiger partial charge on any atom is -0.454 e. The lowest BCUT2D eigenvalue weighted by Gasteiger charge is -2.40. The summed E-state index contributed by atoms with van der Waals surface area (Å²) in [5.41, 5.74) is 6.70. The number of carbonyl (C=O) groups is 1. The first-order chi connectivity index (χ1) is 9.20. The van der Waals surface area contributed by atoms with Crippen molar-refractivity contribution in [2.75, 3.05) is 38.4 Å². The molecule has 1 atom stereocenters. The quantitative estimate of drug-likeness (QED) is 0.815. The van der Waals surface area contributed by atoms with Gasteiger partial charge in [-0.15, -0.1) is 0 Å². The van der Waals surface area contributed by atoms with Gasteiger partial charge in [0.05, 0.1) is 0 Å². The Bertz CT molecular complexity index is 506. The summed E-state index contributed by atoms with van der Waals surface area (Å²) in [5.74, 6) is 1.53. The summed E-state index contributed by atoms with van der Waals surface area (Å²) in [7, 11) is 1.81. The number of anilines is 1. The van der Waals surface area contributed by atoms with Crippen LogP contribution in [-0.2, 0) is 4.79 Å². The topological polar surface area (TPSA) is 68.0 Å². The second-order valence-corrected chi connectivity index (χ2v) is 4.74. The fraction of sp³-hybridized carbons (Fsp3) is 0.462. The van der Waals surface area contributed by atoms with E-state index in [-0.39, 0.29) is 18.7 Å². The van der Waals surface area contributed by atoms with Crippen molar-refractivity contribution in [3.63, 3.8) is 0 Å². The number of amides is 1. The van der Waals surface area contributed by atoms with Crippen LogP contribution >= 0.6 is 0 Å². The summed E-state index contributed by atoms with van der Waals surface area (Å²) in [6.07, 6.45) is 0. The molecule has 1 fully saturated rings. The van der Waals surface area contributed by atoms with Crippen LogP contribution in [0, 0.1) is 0 Å². The highest BCUT2D eigenvalue weighted by Gasteiger charge is 2.32. The number of likely N-dealkylation sites (N-methyl/N-ethyl adjacent to an activating group) is 1. The van der Waals surface area contributed by atoms with Gasteiger partial charge in [-0.1, -0.05) is 0 Å². The maximum Gasteiger partial charge on any atom is 0.246 e. The summed E-state index contributed by atoms with van der Waals surface area (Å²) < 4.78 is 10.7. The molecule has 102 valence electrons. The van der Waals surface area contributed by atoms with Gasteiger partial charge in [0, 0.05) is 38.4 Å². The second kappa shape index (κ2) is 4.62. The molecule has 19 heavy (non-hydrogen) atoms. The van der Waals surface area contributed by atoms with Gasteiger partial charge in [0.1, 0.15) is 6.04 Å². The van der Waals surface area contributed by atoms with E-state index in [4.69, 9.17) is 15.2 Å². The fourth-order valence-corrected chi connectivity index (χ4v) is 2.51. The van der Waals surface area contributed by atoms with Crippen molar-refractivity contribution in [2.24, 2.45) is 5.73 Å². The van der Waals surface area contributed by atoms with Crippen LogP contribution in [0.3, 0.4) is 0 Å². The molecule has 0 aromatic heterocycles. The standard InChI is InChI=1S/C13H17N3O3/c1-15-4-5-16(10(7-14)13(15)17)9-2-3-11-12(6-9)19-8-18-11/h2-3,6,10H,4-5,7-8,14H2,1H3. The molecule has 0 saturated carbocycles. The number of nitrogens with two attached hydrogens (primary N) is 1. The molecule has 6 nitrogen and oxygen atoms in total. The number of benzene rings is 1. The Morgan fingerprint density at radius 2 is 2.11 bits per heavy atom. The number of fused-ring (bicyclic) bond motifs is 1. The first-order valence-corrected chi connectivity index (χ1v) is 6.32. The Kier molecular flexibility index (Phi) is 2.94. The Labute approximate surface area is 111 Å². The molecule has 0 aliphatic carbocycles. The average Bonchev–Trinajstić information content (AvgIpc) is 2.89. The summed E-state index contributed by atoms with van der Waals surface area (Å²) in [5, 5.41) is 0. The molecule has 3 rings (SSSR count). The maximum atomic E-state index is 12.1. The van der Waals surface area contributed by atoms with Gasteiger partial charge in [0.25, 0.3) is 0 Å². The molecule has 0 radical (unpaired) electrons. The van der Waals surface area contributed by atoms with Crippen molar-refractivity contribution < 1.29 is 14.3 Å². The van der Waals surface area contributed by atoms with Gasteiger partial charge in [-0.2, -0.15) is 0 Å². The lowest BCUT2D eigenvalue weighted by atomic mass is 10.1. The molecule has 0 spiro atoms. The number of piperazine rings is 1. The summed E-state index contributed by atoms with van der Waals surface area (Å²) >= 11 is 0. The van der Waals surface area contributed by atoms with E-state index >= 15 is 0 Å². The van der Waals surface area contributed by atoms with E-state index in [1.54, 1.807) is 4.90 Å². The average molecular weight is 263 g/mol. The molecule has 2 aliphatic heterocycles. The normalized spacial score (nSPS) is 22.0. The smallest absolute Gasteiger partial charge is 0.246 e. The van der Waals surface area contributed by atoms with Crippen LogP contribution in [0.2, 0.25) is 0 Å². The largest absolute Gasteiger partial charge is 0.454 e. The number of rotatable bonds is 2. The fourth-order valence-electron chi connectivity index (χ4n) is 2.51. The van der Waals surface area contributed by atoms with Gasteiger partial charge < -0.3 is 25.0 Å². The molecule has 2 aliphatic rings. The molecule has 2 heterocycles. The van der Waals surface area contributed by atoms with E-state index in [1.165, 1.54) is 0 Å². The minimum absolute atomic E-state index is 0.0615. The monoisotopic (exact) mass is 263 g/mol. The Balaban J connectivity index is 1.90. The zero-order valence-electron chi connectivity index (χ0n) is 10.8. The van der Waals surface area contributed by atoms with E-state index in [2.05, 4.69) is 0 Å². The molecule has 1 saturated heterocycles. The first kappa shape index (κ1) is 12.1. The van der Waals surface area contributed by atoms with Crippen LogP contribution in [0.25, 0.3) is 0 Å². The molecule has 1 aromatic rings. The van der Waals surface area contributed by atoms with Crippen molar-refractivity contribution in [3.8, 4) is 11.5 Å². The van der Waals surface area contributed by atoms with Crippen molar-refractivity contribution >= 4 is 11.6 Å². The molecular formula is C13H17N3O3. The van der Waals surface area contributed by atoms with Crippen molar-refractivity contribution in [1.82, 2.24) is 4.90 Å². The minimum atomic E-state index is -0.306. The Hall–Kier alpha value is -1.95. The van der Waals surface area contributed by atoms with E-state index in [0.29, 0.717) is 13.1 Å². The second-order valence-electron chi connectivity index (χ2n) is 4.74. The number of ether oxygens (including phenoxy) is 2. The summed E-state index contributed by atoms with van der Waals surface area (Å²) in [4.78, 5) is 15.9. The number of hydrogen-bond donors (Lipinski definition) is 1. The van der Waals surface area contributed by atoms with Gasteiger partial charge >= 0.3 is 0 Å². The van der Waals surface area contributed by atoms with Gasteiger partial charge in [0.15, 0.2) is 11.5 Å². The third kappa shape index (κ3) is 1.98. The highest BCUT2D eigenvalue weighted by molar-refractivity contribution is 5.87. The summed E-state index contributed by atoms with van der Waals surface area (Å²) in [6, 6.07) is 5.41. The van der Waals surface area contributed by atoms with Crippen LogP contribution < -0.4 is 20.1 Å². The number of carbonyl (C=O) groups excluding carboxylic acids is 1. The van der Waals surface area contributed by atoms with Crippen molar-refractivity contribution in [3.05, 3.63) is 18.2 Å². The van der Waals surface area contributed by atoms with Crippen LogP contribution in [0.15, 0.2) is 18.2 Å². The predicted octanol–water partition coefficient (Wildman–Crippen LogP) is 0.0210. The molecule has 6 heteroatoms. The number of nitrogens with zero attached hydrogens (tertiary/aromatic N) is 2. The van der Waals surface area contributed by atoms with Gasteiger partial charge in [0.2, 0.25) is 12.7 Å². The molecule has 2 N–H and O–H groups in total. The zero-order chi connectivity index (χ0) is 13.4. The highest BCUT2D eigenvalue weighted by atomic mass is 16.7. The van der Waals surface area contributed by atoms with Gasteiger partial charge in [-0.25, -0.2) is 0 Å². The highest BCUT2D eigenvalue weighted by Crippen LogP contribution is 2.36. The van der Waals surface area contributed by atoms with E-state index in [9.17, 15) is 4.79 Å².